The van der Waals surface area contributed by atoms with Gasteiger partial charge in [0, 0.05) is 5.69 Å². The van der Waals surface area contributed by atoms with Crippen LogP contribution in [0.2, 0.25) is 0 Å². The van der Waals surface area contributed by atoms with E-state index in [0.29, 0.717) is 18.5 Å². The molecule has 138 valence electrons. The van der Waals surface area contributed by atoms with E-state index in [4.69, 9.17) is 0 Å². The van der Waals surface area contributed by atoms with Crippen molar-refractivity contribution in [1.82, 2.24) is 4.90 Å². The van der Waals surface area contributed by atoms with Crippen LogP contribution < -0.4 is 10.1 Å². The Bertz CT molecular complexity index is 722. The predicted octanol–water partition coefficient (Wildman–Crippen LogP) is 2.57. The summed E-state index contributed by atoms with van der Waals surface area (Å²) in [5.41, 5.74) is 0.349. The number of rotatable bonds is 5. The fraction of sp³-hybridized carbons (Fsp3) is 0.389. The maximum Gasteiger partial charge on any atom is 0.387 e. The minimum absolute atomic E-state index is 0.0347. The summed E-state index contributed by atoms with van der Waals surface area (Å²) < 4.78 is 28.5. The first-order valence-corrected chi connectivity index (χ1v) is 8.26. The zero-order valence-corrected chi connectivity index (χ0v) is 14.0. The van der Waals surface area contributed by atoms with Gasteiger partial charge in [0.15, 0.2) is 0 Å². The Labute approximate surface area is 148 Å². The number of anilines is 1. The lowest BCUT2D eigenvalue weighted by atomic mass is 9.85. The molecule has 26 heavy (non-hydrogen) atoms. The first-order valence-electron chi connectivity index (χ1n) is 8.26. The van der Waals surface area contributed by atoms with E-state index in [0.717, 1.165) is 4.90 Å². The smallest absolute Gasteiger partial charge is 0.387 e. The Morgan fingerprint density at radius 2 is 1.65 bits per heavy atom. The van der Waals surface area contributed by atoms with Gasteiger partial charge in [-0.2, -0.15) is 8.78 Å². The second kappa shape index (κ2) is 7.23. The molecule has 1 fully saturated rings. The first-order chi connectivity index (χ1) is 12.4. The number of hydrogen-bond donors (Lipinski definition) is 1. The van der Waals surface area contributed by atoms with Crippen molar-refractivity contribution in [2.75, 3.05) is 5.32 Å². The quantitative estimate of drug-likeness (QED) is 0.644. The van der Waals surface area contributed by atoms with E-state index in [1.54, 1.807) is 0 Å². The highest BCUT2D eigenvalue weighted by molar-refractivity contribution is 6.10. The maximum absolute atomic E-state index is 12.5. The van der Waals surface area contributed by atoms with Crippen molar-refractivity contribution in [3.8, 4) is 5.75 Å². The number of nitrogens with zero attached hydrogens (tertiary/aromatic N) is 1. The molecule has 1 N–H and O–H groups in total. The largest absolute Gasteiger partial charge is 0.435 e. The number of hydrogen-bond acceptors (Lipinski definition) is 4. The minimum atomic E-state index is -2.93. The molecule has 3 atom stereocenters. The number of carbonyl (C=O) groups is 3. The number of halogens is 2. The summed E-state index contributed by atoms with van der Waals surface area (Å²) in [7, 11) is 0. The normalized spacial score (nSPS) is 23.2. The molecule has 0 aromatic heterocycles. The number of nitrogens with one attached hydrogen (secondary N) is 1. The lowest BCUT2D eigenvalue weighted by molar-refractivity contribution is -0.146. The maximum atomic E-state index is 12.5. The van der Waals surface area contributed by atoms with Gasteiger partial charge in [-0.05, 0) is 44.0 Å². The summed E-state index contributed by atoms with van der Waals surface area (Å²) in [6, 6.07) is 4.43. The zero-order valence-electron chi connectivity index (χ0n) is 14.0. The number of allylic oxidation sites excluding steroid dienone is 2. The molecule has 2 aliphatic rings. The first kappa shape index (κ1) is 18.0. The van der Waals surface area contributed by atoms with E-state index < -0.39 is 30.4 Å². The van der Waals surface area contributed by atoms with Crippen LogP contribution in [0.25, 0.3) is 0 Å². The number of likely N-dealkylation sites (tertiary alicyclic amines) is 1. The summed E-state index contributed by atoms with van der Waals surface area (Å²) >= 11 is 0. The van der Waals surface area contributed by atoms with E-state index in [1.165, 1.54) is 31.2 Å². The lowest BCUT2D eigenvalue weighted by Crippen LogP contribution is -2.46. The van der Waals surface area contributed by atoms with Crippen LogP contribution in [-0.4, -0.2) is 35.3 Å². The second-order valence-corrected chi connectivity index (χ2v) is 6.27. The highest BCUT2D eigenvalue weighted by Gasteiger charge is 2.50. The lowest BCUT2D eigenvalue weighted by Gasteiger charge is -2.22. The molecule has 1 saturated heterocycles. The third-order valence-electron chi connectivity index (χ3n) is 4.66. The van der Waals surface area contributed by atoms with Crippen molar-refractivity contribution in [2.24, 2.45) is 11.8 Å². The van der Waals surface area contributed by atoms with Gasteiger partial charge in [-0.1, -0.05) is 12.2 Å². The van der Waals surface area contributed by atoms with E-state index in [-0.39, 0.29) is 17.6 Å². The molecule has 0 unspecified atom stereocenters. The van der Waals surface area contributed by atoms with Gasteiger partial charge >= 0.3 is 6.61 Å². The molecule has 1 aliphatic heterocycles. The third-order valence-corrected chi connectivity index (χ3v) is 4.66. The fourth-order valence-corrected chi connectivity index (χ4v) is 3.29. The van der Waals surface area contributed by atoms with Gasteiger partial charge < -0.3 is 10.1 Å². The Hall–Kier alpha value is -2.77. The molecule has 3 rings (SSSR count). The van der Waals surface area contributed by atoms with Gasteiger partial charge in [-0.3, -0.25) is 19.3 Å². The molecule has 8 heteroatoms. The van der Waals surface area contributed by atoms with Crippen molar-refractivity contribution < 1.29 is 27.9 Å². The Balaban J connectivity index is 1.66. The molecule has 1 aromatic carbocycles. The molecular formula is C18H18F2N2O4. The Morgan fingerprint density at radius 3 is 2.15 bits per heavy atom. The van der Waals surface area contributed by atoms with Gasteiger partial charge in [-0.25, -0.2) is 0 Å². The average molecular weight is 364 g/mol. The number of fused-ring (bicyclic) bond motifs is 1. The second-order valence-electron chi connectivity index (χ2n) is 6.27. The van der Waals surface area contributed by atoms with Crippen molar-refractivity contribution in [3.63, 3.8) is 0 Å². The number of ether oxygens (including phenoxy) is 1. The summed E-state index contributed by atoms with van der Waals surface area (Å²) in [4.78, 5) is 38.5. The number of carbonyl (C=O) groups excluding carboxylic acids is 3. The number of amides is 3. The molecule has 0 spiro atoms. The minimum Gasteiger partial charge on any atom is -0.435 e. The average Bonchev–Trinajstić information content (AvgIpc) is 2.87. The van der Waals surface area contributed by atoms with Gasteiger partial charge in [0.1, 0.15) is 11.8 Å². The Morgan fingerprint density at radius 1 is 1.12 bits per heavy atom. The van der Waals surface area contributed by atoms with Crippen LogP contribution in [0, 0.1) is 11.8 Å². The predicted molar refractivity (Wildman–Crippen MR) is 88.4 cm³/mol. The van der Waals surface area contributed by atoms with Crippen LogP contribution in [0.5, 0.6) is 5.75 Å². The van der Waals surface area contributed by atoms with Crippen LogP contribution in [-0.2, 0) is 14.4 Å². The highest BCUT2D eigenvalue weighted by Crippen LogP contribution is 2.36. The van der Waals surface area contributed by atoms with Crippen molar-refractivity contribution in [2.45, 2.75) is 32.4 Å². The van der Waals surface area contributed by atoms with Crippen LogP contribution in [0.4, 0.5) is 14.5 Å². The number of imide groups is 1. The van der Waals surface area contributed by atoms with Gasteiger partial charge in [-0.15, -0.1) is 0 Å². The number of benzene rings is 1. The Kier molecular flexibility index (Phi) is 5.01. The van der Waals surface area contributed by atoms with Gasteiger partial charge in [0.25, 0.3) is 0 Å². The number of alkyl halides is 2. The molecule has 1 heterocycles. The van der Waals surface area contributed by atoms with Crippen LogP contribution in [0.1, 0.15) is 19.8 Å². The fourth-order valence-electron chi connectivity index (χ4n) is 3.29. The summed E-state index contributed by atoms with van der Waals surface area (Å²) in [5.74, 6) is -2.00. The van der Waals surface area contributed by atoms with Crippen molar-refractivity contribution in [3.05, 3.63) is 36.4 Å². The molecule has 6 nitrogen and oxygen atoms in total. The van der Waals surface area contributed by atoms with E-state index >= 15 is 0 Å². The molecular weight excluding hydrogens is 346 g/mol. The third kappa shape index (κ3) is 3.44. The van der Waals surface area contributed by atoms with Crippen molar-refractivity contribution in [1.29, 1.82) is 0 Å². The van der Waals surface area contributed by atoms with Gasteiger partial charge in [0.05, 0.1) is 11.8 Å². The summed E-state index contributed by atoms with van der Waals surface area (Å²) in [6.45, 7) is -1.44. The molecule has 1 aliphatic carbocycles. The topological polar surface area (TPSA) is 75.7 Å². The van der Waals surface area contributed by atoms with E-state index in [9.17, 15) is 23.2 Å². The SMILES string of the molecule is C[C@@H](C(=O)Nc1ccc(OC(F)F)cc1)N1C(=O)[C@@H]2CC=CC[C@H]2C1=O. The molecule has 0 saturated carbocycles. The molecule has 1 aromatic rings. The van der Waals surface area contributed by atoms with Crippen LogP contribution >= 0.6 is 0 Å². The zero-order chi connectivity index (χ0) is 18.8. The monoisotopic (exact) mass is 364 g/mol. The van der Waals surface area contributed by atoms with Gasteiger partial charge in [0.2, 0.25) is 17.7 Å². The van der Waals surface area contributed by atoms with E-state index in [2.05, 4.69) is 10.1 Å². The van der Waals surface area contributed by atoms with Crippen LogP contribution in [0.15, 0.2) is 36.4 Å². The summed E-state index contributed by atoms with van der Waals surface area (Å²) in [6.07, 6.45) is 4.77. The standard InChI is InChI=1S/C18H18F2N2O4/c1-10(22-16(24)13-4-2-3-5-14(13)17(22)25)15(23)21-11-6-8-12(9-7-11)26-18(19)20/h2-3,6-10,13-14,18H,4-5H2,1H3,(H,21,23)/t10-,13+,14+/m0/s1. The van der Waals surface area contributed by atoms with Crippen molar-refractivity contribution >= 4 is 23.4 Å². The molecule has 0 radical (unpaired) electrons. The van der Waals surface area contributed by atoms with E-state index in [1.807, 2.05) is 12.2 Å². The molecule has 3 amide bonds. The highest BCUT2D eigenvalue weighted by atomic mass is 19.3. The molecule has 0 bridgehead atoms. The van der Waals surface area contributed by atoms with Crippen LogP contribution in [0.3, 0.4) is 0 Å². The summed E-state index contributed by atoms with van der Waals surface area (Å²) in [5, 5.41) is 2.58.